The van der Waals surface area contributed by atoms with Crippen molar-refractivity contribution in [3.63, 3.8) is 0 Å². The van der Waals surface area contributed by atoms with Crippen molar-refractivity contribution >= 4 is 42.4 Å². The van der Waals surface area contributed by atoms with Crippen LogP contribution in [0.2, 0.25) is 0 Å². The molecule has 5 heteroatoms. The molecule has 0 amide bonds. The first-order valence-corrected chi connectivity index (χ1v) is 8.07. The lowest BCUT2D eigenvalue weighted by Crippen LogP contribution is -1.93. The Bertz CT molecular complexity index is 1180. The van der Waals surface area contributed by atoms with Crippen LogP contribution in [0.5, 0.6) is 0 Å². The summed E-state index contributed by atoms with van der Waals surface area (Å²) in [4.78, 5) is 4.57. The third-order valence-electron chi connectivity index (χ3n) is 3.95. The van der Waals surface area contributed by atoms with Gasteiger partial charge in [0.05, 0.1) is 10.4 Å². The second kappa shape index (κ2) is 4.79. The van der Waals surface area contributed by atoms with Gasteiger partial charge in [-0.3, -0.25) is 4.98 Å². The second-order valence-electron chi connectivity index (χ2n) is 5.33. The fourth-order valence-electron chi connectivity index (χ4n) is 2.83. The fourth-order valence-corrected chi connectivity index (χ4v) is 3.96. The molecule has 2 aromatic carbocycles. The molecule has 0 aliphatic carbocycles. The average molecular weight is 314 g/mol. The Morgan fingerprint density at radius 1 is 0.826 bits per heavy atom. The Balaban J connectivity index is 1.84. The number of fused-ring (bicyclic) bond motifs is 4. The van der Waals surface area contributed by atoms with E-state index in [9.17, 15) is 0 Å². The molecule has 4 nitrogen and oxygen atoms in total. The number of hydrogen-bond acceptors (Lipinski definition) is 5. The first-order valence-electron chi connectivity index (χ1n) is 7.26. The van der Waals surface area contributed by atoms with E-state index in [0.717, 1.165) is 37.8 Å². The van der Waals surface area contributed by atoms with E-state index >= 15 is 0 Å². The molecule has 0 radical (unpaired) electrons. The first kappa shape index (κ1) is 12.6. The maximum atomic E-state index is 4.57. The summed E-state index contributed by atoms with van der Waals surface area (Å²) in [5.74, 6) is 0. The van der Waals surface area contributed by atoms with Crippen LogP contribution < -0.4 is 0 Å². The van der Waals surface area contributed by atoms with E-state index in [1.807, 2.05) is 30.5 Å². The van der Waals surface area contributed by atoms with E-state index < -0.39 is 0 Å². The van der Waals surface area contributed by atoms with E-state index in [0.29, 0.717) is 0 Å². The van der Waals surface area contributed by atoms with Gasteiger partial charge in [0.1, 0.15) is 11.2 Å². The molecule has 0 fully saturated rings. The minimum atomic E-state index is 0.793. The van der Waals surface area contributed by atoms with E-state index in [2.05, 4.69) is 50.7 Å². The zero-order valence-electron chi connectivity index (χ0n) is 12.0. The highest BCUT2D eigenvalue weighted by atomic mass is 32.1. The number of thiophene rings is 1. The Kier molecular flexibility index (Phi) is 2.63. The third-order valence-corrected chi connectivity index (χ3v) is 5.11. The van der Waals surface area contributed by atoms with Gasteiger partial charge in [0, 0.05) is 21.7 Å². The largest absolute Gasteiger partial charge is 0.254 e. The van der Waals surface area contributed by atoms with Gasteiger partial charge in [0.15, 0.2) is 0 Å². The highest BCUT2D eigenvalue weighted by Gasteiger charge is 2.14. The van der Waals surface area contributed by atoms with Crippen LogP contribution in [-0.4, -0.2) is 20.4 Å². The summed E-state index contributed by atoms with van der Waals surface area (Å²) in [6.45, 7) is 0. The lowest BCUT2D eigenvalue weighted by atomic mass is 10.1. The minimum Gasteiger partial charge on any atom is -0.254 e. The van der Waals surface area contributed by atoms with Gasteiger partial charge in [-0.15, -0.1) is 21.5 Å². The molecule has 0 N–H and O–H groups in total. The van der Waals surface area contributed by atoms with Crippen molar-refractivity contribution in [1.82, 2.24) is 20.4 Å². The van der Waals surface area contributed by atoms with Crippen LogP contribution in [0.4, 0.5) is 0 Å². The summed E-state index contributed by atoms with van der Waals surface area (Å²) in [6.07, 6.45) is 1.88. The molecular formula is C18H10N4S. The van der Waals surface area contributed by atoms with E-state index in [-0.39, 0.29) is 0 Å². The quantitative estimate of drug-likeness (QED) is 0.458. The summed E-state index contributed by atoms with van der Waals surface area (Å²) in [5, 5.41) is 15.8. The van der Waals surface area contributed by atoms with Crippen molar-refractivity contribution in [1.29, 1.82) is 0 Å². The Morgan fingerprint density at radius 3 is 2.61 bits per heavy atom. The maximum absolute atomic E-state index is 4.57. The number of rotatable bonds is 1. The van der Waals surface area contributed by atoms with Crippen LogP contribution in [-0.2, 0) is 0 Å². The van der Waals surface area contributed by atoms with Gasteiger partial charge in [-0.1, -0.05) is 42.5 Å². The molecule has 0 bridgehead atoms. The van der Waals surface area contributed by atoms with Crippen LogP contribution in [0.15, 0.2) is 60.8 Å². The molecular weight excluding hydrogens is 304 g/mol. The molecule has 0 aliphatic rings. The fraction of sp³-hybridized carbons (Fsp3) is 0. The van der Waals surface area contributed by atoms with Crippen molar-refractivity contribution in [2.24, 2.45) is 0 Å². The molecule has 3 aromatic heterocycles. The number of nitrogens with zero attached hydrogens (tertiary/aromatic N) is 4. The van der Waals surface area contributed by atoms with E-state index in [4.69, 9.17) is 0 Å². The summed E-state index contributed by atoms with van der Waals surface area (Å²) < 4.78 is 2.22. The lowest BCUT2D eigenvalue weighted by Gasteiger charge is -2.02. The van der Waals surface area contributed by atoms with Gasteiger partial charge in [0.2, 0.25) is 0 Å². The number of hydrogen-bond donors (Lipinski definition) is 0. The molecule has 0 saturated heterocycles. The normalized spacial score (nSPS) is 11.5. The second-order valence-corrected chi connectivity index (χ2v) is 6.38. The first-order chi connectivity index (χ1) is 11.4. The topological polar surface area (TPSA) is 51.6 Å². The van der Waals surface area contributed by atoms with Crippen LogP contribution in [0.25, 0.3) is 42.5 Å². The molecule has 0 aliphatic heterocycles. The minimum absolute atomic E-state index is 0.793. The zero-order valence-corrected chi connectivity index (χ0v) is 12.8. The van der Waals surface area contributed by atoms with Crippen molar-refractivity contribution in [2.75, 3.05) is 0 Å². The summed E-state index contributed by atoms with van der Waals surface area (Å²) in [6, 6.07) is 18.5. The predicted molar refractivity (Wildman–Crippen MR) is 93.5 cm³/mol. The molecule has 0 atom stereocenters. The SMILES string of the molecule is c1ccc2cc(-c3nnnc4c3sc3ccccc34)ncc2c1. The van der Waals surface area contributed by atoms with Gasteiger partial charge in [-0.25, -0.2) is 0 Å². The van der Waals surface area contributed by atoms with Gasteiger partial charge in [-0.05, 0) is 22.7 Å². The molecule has 23 heavy (non-hydrogen) atoms. The monoisotopic (exact) mass is 314 g/mol. The van der Waals surface area contributed by atoms with Crippen molar-refractivity contribution < 1.29 is 0 Å². The van der Waals surface area contributed by atoms with E-state index in [1.54, 1.807) is 11.3 Å². The standard InChI is InChI=1S/C18H10N4S/c1-2-6-12-10-19-14(9-11(12)5-1)17-18-16(20-22-21-17)13-7-3-4-8-15(13)23-18/h1-10H. The van der Waals surface area contributed by atoms with Crippen molar-refractivity contribution in [3.05, 3.63) is 60.8 Å². The number of pyridine rings is 1. The summed E-state index contributed by atoms with van der Waals surface area (Å²) in [5.41, 5.74) is 2.52. The third kappa shape index (κ3) is 1.90. The predicted octanol–water partition coefficient (Wildman–Crippen LogP) is 4.45. The van der Waals surface area contributed by atoms with Gasteiger partial charge >= 0.3 is 0 Å². The van der Waals surface area contributed by atoms with Crippen LogP contribution in [0.1, 0.15) is 0 Å². The molecule has 5 rings (SSSR count). The molecule has 0 spiro atoms. The average Bonchev–Trinajstić information content (AvgIpc) is 3.00. The highest BCUT2D eigenvalue weighted by Crippen LogP contribution is 2.36. The highest BCUT2D eigenvalue weighted by molar-refractivity contribution is 7.26. The molecule has 0 saturated carbocycles. The van der Waals surface area contributed by atoms with Gasteiger partial charge in [0.25, 0.3) is 0 Å². The summed E-state index contributed by atoms with van der Waals surface area (Å²) >= 11 is 1.68. The smallest absolute Gasteiger partial charge is 0.133 e. The number of benzene rings is 2. The number of aromatic nitrogens is 4. The van der Waals surface area contributed by atoms with Crippen LogP contribution in [0, 0.1) is 0 Å². The van der Waals surface area contributed by atoms with Crippen molar-refractivity contribution in [3.8, 4) is 11.4 Å². The lowest BCUT2D eigenvalue weighted by molar-refractivity contribution is 0.902. The van der Waals surface area contributed by atoms with Crippen molar-refractivity contribution in [2.45, 2.75) is 0 Å². The molecule has 5 aromatic rings. The Morgan fingerprint density at radius 2 is 1.65 bits per heavy atom. The molecule has 0 unspecified atom stereocenters. The van der Waals surface area contributed by atoms with Gasteiger partial charge in [-0.2, -0.15) is 0 Å². The molecule has 3 heterocycles. The van der Waals surface area contributed by atoms with Gasteiger partial charge < -0.3 is 0 Å². The van der Waals surface area contributed by atoms with E-state index in [1.165, 1.54) is 4.70 Å². The Labute approximate surface area is 135 Å². The van der Waals surface area contributed by atoms with Crippen LogP contribution >= 0.6 is 11.3 Å². The maximum Gasteiger partial charge on any atom is 0.133 e. The Hall–Kier alpha value is -2.92. The summed E-state index contributed by atoms with van der Waals surface area (Å²) in [7, 11) is 0. The zero-order chi connectivity index (χ0) is 15.2. The molecule has 108 valence electrons. The van der Waals surface area contributed by atoms with Crippen LogP contribution in [0.3, 0.4) is 0 Å².